The summed E-state index contributed by atoms with van der Waals surface area (Å²) in [7, 11) is 0. The van der Waals surface area contributed by atoms with Crippen molar-refractivity contribution in [2.75, 3.05) is 47.1 Å². The van der Waals surface area contributed by atoms with Crippen LogP contribution in [-0.4, -0.2) is 39.4 Å². The van der Waals surface area contributed by atoms with Crippen molar-refractivity contribution in [2.24, 2.45) is 0 Å². The maximum absolute atomic E-state index is 11.8. The number of anilines is 5. The smallest absolute Gasteiger partial charge is 0.299 e. The zero-order valence-electron chi connectivity index (χ0n) is 44.1. The second-order valence-electron chi connectivity index (χ2n) is 19.5. The number of nitrogen functional groups attached to an aromatic ring is 2. The van der Waals surface area contributed by atoms with Crippen LogP contribution in [0.4, 0.5) is 39.8 Å². The molecule has 4 aromatic carbocycles. The Hall–Kier alpha value is -5.72. The van der Waals surface area contributed by atoms with Crippen LogP contribution in [0.3, 0.4) is 0 Å². The third kappa shape index (κ3) is 21.3. The van der Waals surface area contributed by atoms with Crippen LogP contribution >= 0.6 is 0 Å². The van der Waals surface area contributed by atoms with Crippen molar-refractivity contribution in [1.29, 1.82) is 0 Å². The summed E-state index contributed by atoms with van der Waals surface area (Å²) < 4.78 is 0. The fourth-order valence-corrected chi connectivity index (χ4v) is 9.08. The van der Waals surface area contributed by atoms with Gasteiger partial charge in [-0.05, 0) is 91.8 Å². The van der Waals surface area contributed by atoms with Gasteiger partial charge in [-0.15, -0.1) is 0 Å². The number of nitro benzene ring substituents is 2. The van der Waals surface area contributed by atoms with Crippen LogP contribution in [-0.2, 0) is 12.8 Å². The number of nitrogens with one attached hydrogen (secondary N) is 3. The van der Waals surface area contributed by atoms with Crippen LogP contribution in [0.1, 0.15) is 205 Å². The number of aromatic nitrogens is 2. The monoisotopic (exact) mass is 976 g/mol. The number of rotatable bonds is 36. The van der Waals surface area contributed by atoms with Gasteiger partial charge in [0.15, 0.2) is 0 Å². The van der Waals surface area contributed by atoms with Crippen molar-refractivity contribution in [3.63, 3.8) is 0 Å². The lowest BCUT2D eigenvalue weighted by atomic mass is 10.00. The number of nitro groups is 2. The maximum atomic E-state index is 11.8. The van der Waals surface area contributed by atoms with Crippen LogP contribution in [0.2, 0.25) is 0 Å². The number of fused-ring (bicyclic) bond motifs is 2. The number of nitrogens with zero attached hydrogens (tertiary/aromatic N) is 4. The molecule has 0 bridgehead atoms. The van der Waals surface area contributed by atoms with E-state index in [1.165, 1.54) is 146 Å². The highest BCUT2D eigenvalue weighted by Gasteiger charge is 2.25. The highest BCUT2D eigenvalue weighted by molar-refractivity contribution is 5.90. The van der Waals surface area contributed by atoms with Crippen molar-refractivity contribution in [3.8, 4) is 0 Å². The molecule has 0 aliphatic rings. The van der Waals surface area contributed by atoms with E-state index in [4.69, 9.17) is 21.4 Å². The van der Waals surface area contributed by atoms with Gasteiger partial charge in [-0.1, -0.05) is 169 Å². The molecule has 0 saturated carbocycles. The first-order valence-electron chi connectivity index (χ1n) is 27.6. The lowest BCUT2D eigenvalue weighted by molar-refractivity contribution is -0.394. The zero-order valence-corrected chi connectivity index (χ0v) is 44.1. The lowest BCUT2D eigenvalue weighted by Crippen LogP contribution is -2.08. The lowest BCUT2D eigenvalue weighted by Gasteiger charge is -2.13. The summed E-state index contributed by atoms with van der Waals surface area (Å²) in [5.74, 6) is 0. The molecule has 0 aliphatic carbocycles. The zero-order chi connectivity index (χ0) is 51.1. The van der Waals surface area contributed by atoms with E-state index in [1.54, 1.807) is 0 Å². The average Bonchev–Trinajstić information content (AvgIpc) is 3.35. The molecule has 1 aromatic heterocycles. The molecule has 0 amide bonds. The van der Waals surface area contributed by atoms with Crippen molar-refractivity contribution in [3.05, 3.63) is 97.6 Å². The second-order valence-corrected chi connectivity index (χ2v) is 19.5. The molecule has 0 radical (unpaired) electrons. The molecule has 390 valence electrons. The van der Waals surface area contributed by atoms with E-state index in [-0.39, 0.29) is 17.8 Å². The normalized spacial score (nSPS) is 11.2. The highest BCUT2D eigenvalue weighted by atomic mass is 16.6. The van der Waals surface area contributed by atoms with E-state index in [1.807, 2.05) is 24.3 Å². The number of aryl methyl sites for hydroxylation is 1. The van der Waals surface area contributed by atoms with Crippen molar-refractivity contribution >= 4 is 61.9 Å². The fourth-order valence-electron chi connectivity index (χ4n) is 9.08. The molecule has 0 aliphatic heterocycles. The van der Waals surface area contributed by atoms with Gasteiger partial charge >= 0.3 is 0 Å². The Morgan fingerprint density at radius 3 is 1.39 bits per heavy atom. The van der Waals surface area contributed by atoms with Crippen molar-refractivity contribution < 1.29 is 9.85 Å². The minimum atomic E-state index is -0.570. The number of nitrogens with two attached hydrogens (primary N) is 2. The number of hydrogen-bond acceptors (Lipinski definition) is 11. The molecule has 0 spiro atoms. The van der Waals surface area contributed by atoms with E-state index < -0.39 is 9.85 Å². The predicted molar refractivity (Wildman–Crippen MR) is 302 cm³/mol. The van der Waals surface area contributed by atoms with E-state index in [0.717, 1.165) is 96.0 Å². The molecule has 0 unspecified atom stereocenters. The molecular formula is C58H89N9O4. The Bertz CT molecular complexity index is 2340. The minimum absolute atomic E-state index is 0.212. The first-order chi connectivity index (χ1) is 34.6. The quantitative estimate of drug-likeness (QED) is 0.00841. The summed E-state index contributed by atoms with van der Waals surface area (Å²) in [5.41, 5.74) is 21.9. The Morgan fingerprint density at radius 1 is 0.423 bits per heavy atom. The van der Waals surface area contributed by atoms with Gasteiger partial charge in [-0.25, -0.2) is 9.97 Å². The average molecular weight is 976 g/mol. The van der Waals surface area contributed by atoms with Gasteiger partial charge < -0.3 is 27.4 Å². The van der Waals surface area contributed by atoms with E-state index in [9.17, 15) is 20.2 Å². The molecule has 13 nitrogen and oxygen atoms in total. The first-order valence-corrected chi connectivity index (χ1v) is 27.6. The molecule has 0 saturated heterocycles. The minimum Gasteiger partial charge on any atom is -0.398 e. The number of hydrogen-bond donors (Lipinski definition) is 5. The molecule has 1 heterocycles. The largest absolute Gasteiger partial charge is 0.398 e. The van der Waals surface area contributed by atoms with Gasteiger partial charge in [0.05, 0.1) is 38.0 Å². The van der Waals surface area contributed by atoms with Crippen LogP contribution in [0, 0.1) is 20.2 Å². The maximum Gasteiger partial charge on any atom is 0.299 e. The Kier molecular flexibility index (Phi) is 27.5. The molecule has 0 fully saturated rings. The van der Waals surface area contributed by atoms with Crippen LogP contribution in [0.25, 0.3) is 22.1 Å². The molecule has 7 N–H and O–H groups in total. The summed E-state index contributed by atoms with van der Waals surface area (Å²) in [5, 5.41) is 33.5. The third-order valence-electron chi connectivity index (χ3n) is 13.4. The molecule has 0 atom stereocenters. The summed E-state index contributed by atoms with van der Waals surface area (Å²) >= 11 is 0. The molecule has 13 heteroatoms. The molecular weight excluding hydrogens is 887 g/mol. The van der Waals surface area contributed by atoms with Crippen molar-refractivity contribution in [1.82, 2.24) is 9.97 Å². The van der Waals surface area contributed by atoms with Gasteiger partial charge in [0, 0.05) is 54.4 Å². The summed E-state index contributed by atoms with van der Waals surface area (Å²) in [6.07, 6.45) is 32.3. The standard InChI is InChI=1S/C29H45N5O4.C29H44N4/c1-3-5-7-9-11-13-17-31-25-16-15-23(26(30)21-25)19-24-20-27(32-18-14-12-10-8-6-4-2)29(34(37)38)22-28(24)33(35)36;1-3-5-7-9-11-12-14-16-23-20-27-29(22-25(23)30)33-28-21-24(17-18-26(28)32-27)31-19-15-13-10-8-6-4-2/h15-16,20-22,31-32H,3-14,17-19,30H2,1-2H3;17-18,20-22,31H,3-16,19,30H2,1-2H3. The summed E-state index contributed by atoms with van der Waals surface area (Å²) in [6.45, 7) is 11.4. The highest BCUT2D eigenvalue weighted by Crippen LogP contribution is 2.35. The second kappa shape index (κ2) is 33.8. The summed E-state index contributed by atoms with van der Waals surface area (Å²) in [6, 6.07) is 18.7. The van der Waals surface area contributed by atoms with Crippen LogP contribution in [0.5, 0.6) is 0 Å². The number of unbranched alkanes of at least 4 members (excludes halogenated alkanes) is 21. The van der Waals surface area contributed by atoms with Crippen LogP contribution < -0.4 is 27.4 Å². The van der Waals surface area contributed by atoms with Gasteiger partial charge in [0.25, 0.3) is 11.4 Å². The molecule has 71 heavy (non-hydrogen) atoms. The number of benzene rings is 4. The van der Waals surface area contributed by atoms with E-state index in [0.29, 0.717) is 23.5 Å². The Morgan fingerprint density at radius 2 is 0.859 bits per heavy atom. The van der Waals surface area contributed by atoms with Gasteiger partial charge in [-0.2, -0.15) is 0 Å². The predicted octanol–water partition coefficient (Wildman–Crippen LogP) is 16.7. The topological polar surface area (TPSA) is 200 Å². The van der Waals surface area contributed by atoms with Crippen LogP contribution in [0.15, 0.2) is 60.7 Å². The Labute approximate surface area is 425 Å². The van der Waals surface area contributed by atoms with Gasteiger partial charge in [-0.3, -0.25) is 20.2 Å². The van der Waals surface area contributed by atoms with E-state index >= 15 is 0 Å². The molecule has 5 aromatic rings. The Balaban J connectivity index is 0.000000311. The molecule has 5 rings (SSSR count). The van der Waals surface area contributed by atoms with Gasteiger partial charge in [0.2, 0.25) is 0 Å². The van der Waals surface area contributed by atoms with Crippen molar-refractivity contribution in [2.45, 2.75) is 201 Å². The third-order valence-corrected chi connectivity index (χ3v) is 13.4. The fraction of sp³-hybridized carbons (Fsp3) is 0.586. The van der Waals surface area contributed by atoms with Gasteiger partial charge in [0.1, 0.15) is 5.69 Å². The SMILES string of the molecule is CCCCCCCCCc1cc2nc3ccc(NCCCCCCCC)cc3nc2cc1N.CCCCCCCCNc1ccc(Cc2cc(NCCCCCCCC)c([N+](=O)[O-])cc2[N+](=O)[O-])c(N)c1. The van der Waals surface area contributed by atoms with E-state index in [2.05, 4.69) is 67.9 Å². The first kappa shape index (κ1) is 57.9. The summed E-state index contributed by atoms with van der Waals surface area (Å²) in [4.78, 5) is 32.1.